The highest BCUT2D eigenvalue weighted by Crippen LogP contribution is 2.22. The number of fused-ring (bicyclic) bond motifs is 1. The number of carbonyl (C=O) groups excluding carboxylic acids is 1. The molecule has 0 aliphatic rings. The van der Waals surface area contributed by atoms with Gasteiger partial charge in [-0.3, -0.25) is 9.59 Å². The van der Waals surface area contributed by atoms with Gasteiger partial charge in [0, 0.05) is 30.7 Å². The van der Waals surface area contributed by atoms with E-state index in [1.54, 1.807) is 14.0 Å². The summed E-state index contributed by atoms with van der Waals surface area (Å²) in [5.41, 5.74) is 3.12. The number of para-hydroxylation sites is 1. The summed E-state index contributed by atoms with van der Waals surface area (Å²) in [6.45, 7) is 3.84. The molecule has 2 aromatic rings. The zero-order valence-corrected chi connectivity index (χ0v) is 12.5. The van der Waals surface area contributed by atoms with Crippen LogP contribution in [0.3, 0.4) is 0 Å². The van der Waals surface area contributed by atoms with Crippen LogP contribution in [-0.2, 0) is 16.0 Å². The van der Waals surface area contributed by atoms with Crippen molar-refractivity contribution in [2.45, 2.75) is 20.3 Å². The lowest BCUT2D eigenvalue weighted by molar-refractivity contribution is -0.142. The van der Waals surface area contributed by atoms with Crippen LogP contribution in [0.2, 0.25) is 0 Å². The Morgan fingerprint density at radius 1 is 1.38 bits per heavy atom. The second-order valence-corrected chi connectivity index (χ2v) is 5.50. The molecule has 1 amide bonds. The normalized spacial score (nSPS) is 12.3. The number of aryl methyl sites for hydroxylation is 1. The van der Waals surface area contributed by atoms with E-state index in [4.69, 9.17) is 5.11 Å². The van der Waals surface area contributed by atoms with Crippen LogP contribution in [0, 0.1) is 12.8 Å². The monoisotopic (exact) mass is 288 g/mol. The summed E-state index contributed by atoms with van der Waals surface area (Å²) in [4.78, 5) is 27.7. The number of carbonyl (C=O) groups is 2. The molecular weight excluding hydrogens is 268 g/mol. The van der Waals surface area contributed by atoms with Crippen LogP contribution >= 0.6 is 0 Å². The van der Waals surface area contributed by atoms with Gasteiger partial charge in [0.1, 0.15) is 0 Å². The molecule has 0 saturated heterocycles. The minimum atomic E-state index is -0.891. The quantitative estimate of drug-likeness (QED) is 0.885. The van der Waals surface area contributed by atoms with Crippen molar-refractivity contribution >= 4 is 22.8 Å². The second kappa shape index (κ2) is 5.99. The number of likely N-dealkylation sites (N-methyl/N-ethyl adjacent to an activating group) is 1. The highest BCUT2D eigenvalue weighted by Gasteiger charge is 2.18. The summed E-state index contributed by atoms with van der Waals surface area (Å²) < 4.78 is 0. The molecule has 0 bridgehead atoms. The standard InChI is InChI=1S/C16H20N2O3/c1-10-5-4-6-13-12(8-17-15(10)13)7-14(19)18(3)9-11(2)16(20)21/h4-6,8,11,17H,7,9H2,1-3H3,(H,20,21). The number of benzene rings is 1. The lowest BCUT2D eigenvalue weighted by Gasteiger charge is -2.19. The maximum atomic E-state index is 12.2. The van der Waals surface area contributed by atoms with E-state index < -0.39 is 11.9 Å². The van der Waals surface area contributed by atoms with Crippen LogP contribution in [0.25, 0.3) is 10.9 Å². The molecule has 1 heterocycles. The van der Waals surface area contributed by atoms with Gasteiger partial charge in [0.2, 0.25) is 5.91 Å². The number of aliphatic carboxylic acids is 1. The number of aromatic nitrogens is 1. The third-order valence-electron chi connectivity index (χ3n) is 3.75. The second-order valence-electron chi connectivity index (χ2n) is 5.50. The molecular formula is C16H20N2O3. The van der Waals surface area contributed by atoms with E-state index in [0.29, 0.717) is 0 Å². The molecule has 0 fully saturated rings. The van der Waals surface area contributed by atoms with Crippen LogP contribution in [0.1, 0.15) is 18.1 Å². The molecule has 112 valence electrons. The smallest absolute Gasteiger partial charge is 0.308 e. The highest BCUT2D eigenvalue weighted by molar-refractivity contribution is 5.90. The topological polar surface area (TPSA) is 73.4 Å². The summed E-state index contributed by atoms with van der Waals surface area (Å²) in [5.74, 6) is -1.54. The van der Waals surface area contributed by atoms with Crippen molar-refractivity contribution in [3.8, 4) is 0 Å². The first-order valence-corrected chi connectivity index (χ1v) is 6.92. The van der Waals surface area contributed by atoms with Gasteiger partial charge in [-0.1, -0.05) is 25.1 Å². The van der Waals surface area contributed by atoms with E-state index in [-0.39, 0.29) is 18.9 Å². The SMILES string of the molecule is Cc1cccc2c(CC(=O)N(C)CC(C)C(=O)O)c[nH]c12. The minimum absolute atomic E-state index is 0.0782. The highest BCUT2D eigenvalue weighted by atomic mass is 16.4. The number of amides is 1. The zero-order chi connectivity index (χ0) is 15.6. The molecule has 0 aliphatic heterocycles. The number of carboxylic acid groups (broad SMARTS) is 1. The van der Waals surface area contributed by atoms with Crippen LogP contribution < -0.4 is 0 Å². The van der Waals surface area contributed by atoms with Crippen molar-refractivity contribution in [3.05, 3.63) is 35.5 Å². The van der Waals surface area contributed by atoms with Crippen LogP contribution in [0.15, 0.2) is 24.4 Å². The van der Waals surface area contributed by atoms with Crippen molar-refractivity contribution in [2.24, 2.45) is 5.92 Å². The summed E-state index contributed by atoms with van der Waals surface area (Å²) >= 11 is 0. The lowest BCUT2D eigenvalue weighted by atomic mass is 10.1. The lowest BCUT2D eigenvalue weighted by Crippen LogP contribution is -2.34. The van der Waals surface area contributed by atoms with E-state index >= 15 is 0 Å². The first kappa shape index (κ1) is 15.1. The van der Waals surface area contributed by atoms with Crippen LogP contribution in [0.4, 0.5) is 0 Å². The average molecular weight is 288 g/mol. The molecule has 0 saturated carbocycles. The molecule has 0 radical (unpaired) electrons. The number of H-pyrrole nitrogens is 1. The number of hydrogen-bond donors (Lipinski definition) is 2. The minimum Gasteiger partial charge on any atom is -0.481 e. The van der Waals surface area contributed by atoms with Crippen LogP contribution in [0.5, 0.6) is 0 Å². The molecule has 0 spiro atoms. The Hall–Kier alpha value is -2.30. The third kappa shape index (κ3) is 3.24. The molecule has 0 aliphatic carbocycles. The Morgan fingerprint density at radius 2 is 2.10 bits per heavy atom. The van der Waals surface area contributed by atoms with Crippen molar-refractivity contribution < 1.29 is 14.7 Å². The maximum absolute atomic E-state index is 12.2. The zero-order valence-electron chi connectivity index (χ0n) is 12.5. The first-order chi connectivity index (χ1) is 9.90. The van der Waals surface area contributed by atoms with Gasteiger partial charge >= 0.3 is 5.97 Å². The summed E-state index contributed by atoms with van der Waals surface area (Å²) in [5, 5.41) is 9.94. The number of aromatic amines is 1. The molecule has 2 N–H and O–H groups in total. The van der Waals surface area contributed by atoms with Gasteiger partial charge in [0.25, 0.3) is 0 Å². The molecule has 5 nitrogen and oxygen atoms in total. The number of nitrogens with one attached hydrogen (secondary N) is 1. The Bertz CT molecular complexity index is 675. The Kier molecular flexibility index (Phi) is 4.31. The van der Waals surface area contributed by atoms with E-state index in [0.717, 1.165) is 22.0 Å². The fraction of sp³-hybridized carbons (Fsp3) is 0.375. The number of nitrogens with zero attached hydrogens (tertiary/aromatic N) is 1. The van der Waals surface area contributed by atoms with Gasteiger partial charge in [0.05, 0.1) is 12.3 Å². The van der Waals surface area contributed by atoms with E-state index in [1.807, 2.05) is 31.3 Å². The molecule has 2 rings (SSSR count). The van der Waals surface area contributed by atoms with Gasteiger partial charge in [-0.15, -0.1) is 0 Å². The predicted octanol–water partition coefficient (Wildman–Crippen LogP) is 2.20. The summed E-state index contributed by atoms with van der Waals surface area (Å²) in [6.07, 6.45) is 2.12. The number of hydrogen-bond acceptors (Lipinski definition) is 2. The van der Waals surface area contributed by atoms with E-state index in [1.165, 1.54) is 4.90 Å². The molecule has 5 heteroatoms. The molecule has 1 aromatic heterocycles. The summed E-state index contributed by atoms with van der Waals surface area (Å²) in [7, 11) is 1.64. The third-order valence-corrected chi connectivity index (χ3v) is 3.75. The van der Waals surface area contributed by atoms with Crippen molar-refractivity contribution in [2.75, 3.05) is 13.6 Å². The van der Waals surface area contributed by atoms with Gasteiger partial charge in [-0.25, -0.2) is 0 Å². The Labute approximate surface area is 123 Å². The van der Waals surface area contributed by atoms with Gasteiger partial charge in [0.15, 0.2) is 0 Å². The van der Waals surface area contributed by atoms with Crippen molar-refractivity contribution in [3.63, 3.8) is 0 Å². The fourth-order valence-electron chi connectivity index (χ4n) is 2.40. The van der Waals surface area contributed by atoms with E-state index in [2.05, 4.69) is 4.98 Å². The first-order valence-electron chi connectivity index (χ1n) is 6.92. The largest absolute Gasteiger partial charge is 0.481 e. The Morgan fingerprint density at radius 3 is 2.76 bits per heavy atom. The molecule has 1 unspecified atom stereocenters. The van der Waals surface area contributed by atoms with E-state index in [9.17, 15) is 9.59 Å². The fourth-order valence-corrected chi connectivity index (χ4v) is 2.40. The molecule has 21 heavy (non-hydrogen) atoms. The number of rotatable bonds is 5. The van der Waals surface area contributed by atoms with Gasteiger partial charge in [-0.05, 0) is 18.1 Å². The van der Waals surface area contributed by atoms with Gasteiger partial charge < -0.3 is 15.0 Å². The predicted molar refractivity (Wildman–Crippen MR) is 81.2 cm³/mol. The summed E-state index contributed by atoms with van der Waals surface area (Å²) in [6, 6.07) is 5.97. The van der Waals surface area contributed by atoms with Crippen molar-refractivity contribution in [1.82, 2.24) is 9.88 Å². The van der Waals surface area contributed by atoms with Gasteiger partial charge in [-0.2, -0.15) is 0 Å². The van der Waals surface area contributed by atoms with Crippen molar-refractivity contribution in [1.29, 1.82) is 0 Å². The Balaban J connectivity index is 2.11. The average Bonchev–Trinajstić information content (AvgIpc) is 2.83. The van der Waals surface area contributed by atoms with Crippen LogP contribution in [-0.4, -0.2) is 40.5 Å². The maximum Gasteiger partial charge on any atom is 0.308 e. The molecule has 1 aromatic carbocycles. The molecule has 1 atom stereocenters. The number of carboxylic acids is 1.